The Morgan fingerprint density at radius 3 is 2.46 bits per heavy atom. The van der Waals surface area contributed by atoms with E-state index in [1.54, 1.807) is 23.1 Å². The molecule has 7 heteroatoms. The zero-order valence-corrected chi connectivity index (χ0v) is 16.7. The number of hydrogen-bond acceptors (Lipinski definition) is 6. The van der Waals surface area contributed by atoms with Crippen LogP contribution in [0.5, 0.6) is 0 Å². The highest BCUT2D eigenvalue weighted by Gasteiger charge is 2.08. The van der Waals surface area contributed by atoms with Crippen LogP contribution in [-0.2, 0) is 11.2 Å². The maximum Gasteiger partial charge on any atom is 0.230 e. The van der Waals surface area contributed by atoms with Gasteiger partial charge < -0.3 is 5.32 Å². The smallest absolute Gasteiger partial charge is 0.230 e. The Hall–Kier alpha value is -1.05. The first-order valence-electron chi connectivity index (χ1n) is 8.03. The normalized spacial score (nSPS) is 11.0. The molecule has 0 radical (unpaired) electrons. The molecule has 0 aliphatic rings. The number of nitrogens with zero attached hydrogens (tertiary/aromatic N) is 2. The molecule has 0 bridgehead atoms. The standard InChI is InChI=1S/C17H23N3OS3/c1-4-22-16-19-20-17(24-16)23-11-15(21)18-10-9-13-5-7-14(8-6-13)12(2)3/h5-8,12H,4,9-11H2,1-3H3,(H,18,21). The molecule has 0 fully saturated rings. The summed E-state index contributed by atoms with van der Waals surface area (Å²) in [4.78, 5) is 11.9. The topological polar surface area (TPSA) is 54.9 Å². The van der Waals surface area contributed by atoms with E-state index in [9.17, 15) is 4.79 Å². The van der Waals surface area contributed by atoms with Crippen LogP contribution in [0.25, 0.3) is 0 Å². The van der Waals surface area contributed by atoms with Crippen LogP contribution in [-0.4, -0.2) is 34.2 Å². The van der Waals surface area contributed by atoms with E-state index in [-0.39, 0.29) is 5.91 Å². The van der Waals surface area contributed by atoms with Gasteiger partial charge in [0.15, 0.2) is 8.68 Å². The Labute approximate surface area is 156 Å². The van der Waals surface area contributed by atoms with E-state index in [0.29, 0.717) is 18.2 Å². The third-order valence-electron chi connectivity index (χ3n) is 3.36. The highest BCUT2D eigenvalue weighted by atomic mass is 32.2. The number of nitrogens with one attached hydrogen (secondary N) is 1. The number of hydrogen-bond donors (Lipinski definition) is 1. The lowest BCUT2D eigenvalue weighted by Crippen LogP contribution is -2.27. The summed E-state index contributed by atoms with van der Waals surface area (Å²) in [6, 6.07) is 8.62. The maximum atomic E-state index is 11.9. The molecule has 2 rings (SSSR count). The van der Waals surface area contributed by atoms with Crippen LogP contribution in [0.15, 0.2) is 32.9 Å². The van der Waals surface area contributed by atoms with E-state index in [4.69, 9.17) is 0 Å². The van der Waals surface area contributed by atoms with Crippen molar-refractivity contribution in [3.8, 4) is 0 Å². The minimum atomic E-state index is 0.0405. The lowest BCUT2D eigenvalue weighted by molar-refractivity contribution is -0.118. The molecule has 0 saturated carbocycles. The van der Waals surface area contributed by atoms with Gasteiger partial charge in [0.2, 0.25) is 5.91 Å². The summed E-state index contributed by atoms with van der Waals surface area (Å²) in [5, 5.41) is 11.1. The van der Waals surface area contributed by atoms with E-state index in [1.807, 2.05) is 0 Å². The molecule has 4 nitrogen and oxygen atoms in total. The van der Waals surface area contributed by atoms with Crippen molar-refractivity contribution in [1.29, 1.82) is 0 Å². The Morgan fingerprint density at radius 1 is 1.17 bits per heavy atom. The monoisotopic (exact) mass is 381 g/mol. The fraction of sp³-hybridized carbons (Fsp3) is 0.471. The van der Waals surface area contributed by atoms with Gasteiger partial charge in [0, 0.05) is 6.54 Å². The summed E-state index contributed by atoms with van der Waals surface area (Å²) < 4.78 is 1.82. The van der Waals surface area contributed by atoms with Crippen molar-refractivity contribution in [1.82, 2.24) is 15.5 Å². The summed E-state index contributed by atoms with van der Waals surface area (Å²) in [7, 11) is 0. The van der Waals surface area contributed by atoms with Crippen LogP contribution in [0, 0.1) is 0 Å². The zero-order valence-electron chi connectivity index (χ0n) is 14.2. The lowest BCUT2D eigenvalue weighted by atomic mass is 10.0. The largest absolute Gasteiger partial charge is 0.355 e. The molecule has 1 amide bonds. The average Bonchev–Trinajstić information content (AvgIpc) is 3.01. The molecule has 0 aliphatic carbocycles. The van der Waals surface area contributed by atoms with Crippen molar-refractivity contribution in [2.24, 2.45) is 0 Å². The number of rotatable bonds is 9. The minimum Gasteiger partial charge on any atom is -0.355 e. The van der Waals surface area contributed by atoms with E-state index >= 15 is 0 Å². The van der Waals surface area contributed by atoms with Gasteiger partial charge in [0.1, 0.15) is 0 Å². The molecule has 1 aromatic carbocycles. The minimum absolute atomic E-state index is 0.0405. The summed E-state index contributed by atoms with van der Waals surface area (Å²) in [6.07, 6.45) is 0.852. The molecule has 0 spiro atoms. The quantitative estimate of drug-likeness (QED) is 0.659. The van der Waals surface area contributed by atoms with Crippen molar-refractivity contribution in [3.05, 3.63) is 35.4 Å². The molecule has 1 heterocycles. The van der Waals surface area contributed by atoms with Crippen molar-refractivity contribution in [3.63, 3.8) is 0 Å². The highest BCUT2D eigenvalue weighted by Crippen LogP contribution is 2.28. The molecule has 24 heavy (non-hydrogen) atoms. The van der Waals surface area contributed by atoms with Crippen LogP contribution in [0.2, 0.25) is 0 Å². The number of aromatic nitrogens is 2. The second-order valence-corrected chi connectivity index (χ2v) is 9.26. The first-order chi connectivity index (χ1) is 11.6. The molecule has 0 saturated heterocycles. The van der Waals surface area contributed by atoms with Gasteiger partial charge in [0.05, 0.1) is 5.75 Å². The zero-order chi connectivity index (χ0) is 17.4. The van der Waals surface area contributed by atoms with Crippen LogP contribution in [0.1, 0.15) is 37.8 Å². The SMILES string of the molecule is CCSc1nnc(SCC(=O)NCCc2ccc(C(C)C)cc2)s1. The molecule has 130 valence electrons. The first kappa shape index (κ1) is 19.3. The van der Waals surface area contributed by atoms with Crippen molar-refractivity contribution in [2.75, 3.05) is 18.1 Å². The second-order valence-electron chi connectivity index (χ2n) is 5.55. The number of carbonyl (C=O) groups excluding carboxylic acids is 1. The molecule has 0 unspecified atom stereocenters. The predicted molar refractivity (Wildman–Crippen MR) is 104 cm³/mol. The fourth-order valence-electron chi connectivity index (χ4n) is 2.03. The molecular formula is C17H23N3OS3. The summed E-state index contributed by atoms with van der Waals surface area (Å²) in [5.74, 6) is 1.96. The Morgan fingerprint density at radius 2 is 1.83 bits per heavy atom. The van der Waals surface area contributed by atoms with E-state index in [0.717, 1.165) is 20.9 Å². The van der Waals surface area contributed by atoms with E-state index < -0.39 is 0 Å². The lowest BCUT2D eigenvalue weighted by Gasteiger charge is -2.07. The van der Waals surface area contributed by atoms with Crippen LogP contribution >= 0.6 is 34.9 Å². The second kappa shape index (κ2) is 10.1. The number of thioether (sulfide) groups is 2. The van der Waals surface area contributed by atoms with Crippen LogP contribution in [0.3, 0.4) is 0 Å². The van der Waals surface area contributed by atoms with Gasteiger partial charge in [0.25, 0.3) is 0 Å². The van der Waals surface area contributed by atoms with Crippen LogP contribution < -0.4 is 5.32 Å². The average molecular weight is 382 g/mol. The van der Waals surface area contributed by atoms with Gasteiger partial charge in [-0.2, -0.15) is 0 Å². The van der Waals surface area contributed by atoms with Gasteiger partial charge in [-0.3, -0.25) is 4.79 Å². The molecule has 0 aliphatic heterocycles. The van der Waals surface area contributed by atoms with Gasteiger partial charge in [-0.1, -0.05) is 79.9 Å². The fourth-order valence-corrected chi connectivity index (χ4v) is 4.78. The van der Waals surface area contributed by atoms with E-state index in [1.165, 1.54) is 22.9 Å². The molecule has 1 N–H and O–H groups in total. The van der Waals surface area contributed by atoms with Crippen molar-refractivity contribution in [2.45, 2.75) is 41.8 Å². The van der Waals surface area contributed by atoms with Crippen molar-refractivity contribution < 1.29 is 4.79 Å². The van der Waals surface area contributed by atoms with Crippen molar-refractivity contribution >= 4 is 40.8 Å². The molecule has 1 aromatic heterocycles. The summed E-state index contributed by atoms with van der Waals surface area (Å²) in [5.41, 5.74) is 2.59. The summed E-state index contributed by atoms with van der Waals surface area (Å²) >= 11 is 4.67. The Bertz CT molecular complexity index is 641. The van der Waals surface area contributed by atoms with E-state index in [2.05, 4.69) is 60.6 Å². The van der Waals surface area contributed by atoms with Crippen LogP contribution in [0.4, 0.5) is 0 Å². The number of benzene rings is 1. The Kier molecular flexibility index (Phi) is 8.08. The van der Waals surface area contributed by atoms with Gasteiger partial charge in [-0.05, 0) is 29.2 Å². The predicted octanol–water partition coefficient (Wildman–Crippen LogP) is 4.22. The Balaban J connectivity index is 1.67. The van der Waals surface area contributed by atoms with Gasteiger partial charge in [-0.25, -0.2) is 0 Å². The maximum absolute atomic E-state index is 11.9. The number of carbonyl (C=O) groups is 1. The molecule has 2 aromatic rings. The third-order valence-corrected chi connectivity index (χ3v) is 6.44. The highest BCUT2D eigenvalue weighted by molar-refractivity contribution is 8.03. The van der Waals surface area contributed by atoms with Gasteiger partial charge in [-0.15, -0.1) is 10.2 Å². The first-order valence-corrected chi connectivity index (χ1v) is 10.8. The number of amides is 1. The van der Waals surface area contributed by atoms with Gasteiger partial charge >= 0.3 is 0 Å². The third kappa shape index (κ3) is 6.45. The summed E-state index contributed by atoms with van der Waals surface area (Å²) in [6.45, 7) is 7.12. The molecular weight excluding hydrogens is 358 g/mol. The molecule has 0 atom stereocenters.